The zero-order valence-electron chi connectivity index (χ0n) is 5.56. The van der Waals surface area contributed by atoms with Gasteiger partial charge in [-0.05, 0) is 5.21 Å². The van der Waals surface area contributed by atoms with Crippen LogP contribution in [0.25, 0.3) is 0 Å². The number of tetrazole rings is 1. The van der Waals surface area contributed by atoms with Crippen LogP contribution >= 0.6 is 58.0 Å². The highest BCUT2D eigenvalue weighted by Gasteiger charge is 2.51. The van der Waals surface area contributed by atoms with Crippen molar-refractivity contribution in [2.24, 2.45) is 0 Å². The Bertz CT molecular complexity index is 305. The molecule has 0 aliphatic carbocycles. The average molecular weight is 288 g/mol. The number of rotatable bonds is 1. The van der Waals surface area contributed by atoms with Crippen molar-refractivity contribution in [1.29, 1.82) is 0 Å². The Labute approximate surface area is 96.8 Å². The Balaban J connectivity index is 3.07. The van der Waals surface area contributed by atoms with Crippen LogP contribution < -0.4 is 0 Å². The van der Waals surface area contributed by atoms with Gasteiger partial charge in [0.1, 0.15) is 0 Å². The van der Waals surface area contributed by atoms with Gasteiger partial charge < -0.3 is 0 Å². The van der Waals surface area contributed by atoms with Crippen molar-refractivity contribution in [3.05, 3.63) is 5.82 Å². The van der Waals surface area contributed by atoms with E-state index < -0.39 is 14.0 Å². The van der Waals surface area contributed by atoms with Gasteiger partial charge in [0, 0.05) is 5.02 Å². The van der Waals surface area contributed by atoms with E-state index in [1.807, 2.05) is 0 Å². The lowest BCUT2D eigenvalue weighted by Gasteiger charge is -2.23. The van der Waals surface area contributed by atoms with Gasteiger partial charge in [-0.25, -0.2) is 0 Å². The second kappa shape index (κ2) is 3.55. The SMILES string of the molecule is Fn1nnc(C(Cl)(Cl)C(Cl)(Cl)Cl)n1. The van der Waals surface area contributed by atoms with Crippen LogP contribution in [0.5, 0.6) is 0 Å². The molecule has 0 fully saturated rings. The first kappa shape index (κ1) is 11.5. The van der Waals surface area contributed by atoms with Gasteiger partial charge in [-0.15, -0.1) is 10.2 Å². The molecule has 0 radical (unpaired) electrons. The van der Waals surface area contributed by atoms with E-state index in [-0.39, 0.29) is 5.02 Å². The van der Waals surface area contributed by atoms with Gasteiger partial charge in [-0.3, -0.25) is 0 Å². The lowest BCUT2D eigenvalue weighted by molar-refractivity contribution is 0.256. The molecule has 0 aliphatic heterocycles. The summed E-state index contributed by atoms with van der Waals surface area (Å²) in [6.45, 7) is 0. The lowest BCUT2D eigenvalue weighted by atomic mass is 10.4. The van der Waals surface area contributed by atoms with Crippen molar-refractivity contribution in [3.63, 3.8) is 0 Å². The Hall–Kier alpha value is 0.450. The second-order valence-corrected chi connectivity index (χ2v) is 5.53. The zero-order chi connectivity index (χ0) is 10.3. The molecule has 0 aromatic carbocycles. The molecule has 0 atom stereocenters. The summed E-state index contributed by atoms with van der Waals surface area (Å²) in [5.41, 5.74) is 0. The quantitative estimate of drug-likeness (QED) is 0.745. The van der Waals surface area contributed by atoms with Crippen molar-refractivity contribution in [2.75, 3.05) is 0 Å². The molecule has 0 spiro atoms. The van der Waals surface area contributed by atoms with Crippen LogP contribution in [0.2, 0.25) is 0 Å². The monoisotopic (exact) mass is 286 g/mol. The van der Waals surface area contributed by atoms with Gasteiger partial charge >= 0.3 is 0 Å². The Morgan fingerprint density at radius 1 is 1.15 bits per heavy atom. The Morgan fingerprint density at radius 3 is 2.00 bits per heavy atom. The van der Waals surface area contributed by atoms with Gasteiger partial charge in [0.2, 0.25) is 14.0 Å². The minimum absolute atomic E-state index is 0.342. The number of hydrogen-bond acceptors (Lipinski definition) is 3. The van der Waals surface area contributed by atoms with Crippen LogP contribution in [0, 0.1) is 0 Å². The molecule has 0 aliphatic rings. The molecule has 0 saturated carbocycles. The zero-order valence-corrected chi connectivity index (χ0v) is 9.34. The predicted molar refractivity (Wildman–Crippen MR) is 48.0 cm³/mol. The molecule has 0 N–H and O–H groups in total. The Morgan fingerprint density at radius 2 is 1.69 bits per heavy atom. The predicted octanol–water partition coefficient (Wildman–Crippen LogP) is 2.41. The molecule has 1 heterocycles. The maximum atomic E-state index is 12.2. The fourth-order valence-corrected chi connectivity index (χ4v) is 0.855. The summed E-state index contributed by atoms with van der Waals surface area (Å²) in [7, 11) is 0. The van der Waals surface area contributed by atoms with E-state index in [1.54, 1.807) is 0 Å². The molecule has 1 rings (SSSR count). The van der Waals surface area contributed by atoms with E-state index in [0.717, 1.165) is 0 Å². The molecule has 1 aromatic rings. The summed E-state index contributed by atoms with van der Waals surface area (Å²) in [6.07, 6.45) is 0. The first-order valence-electron chi connectivity index (χ1n) is 2.66. The summed E-state index contributed by atoms with van der Waals surface area (Å²) in [5.74, 6) is -0.432. The number of nitrogens with zero attached hydrogens (tertiary/aromatic N) is 4. The van der Waals surface area contributed by atoms with Crippen LogP contribution in [0.4, 0.5) is 4.48 Å². The number of aromatic nitrogens is 4. The average Bonchev–Trinajstić information content (AvgIpc) is 2.33. The molecule has 74 valence electrons. The van der Waals surface area contributed by atoms with E-state index >= 15 is 0 Å². The molecule has 4 nitrogen and oxygen atoms in total. The van der Waals surface area contributed by atoms with E-state index in [4.69, 9.17) is 58.0 Å². The summed E-state index contributed by atoms with van der Waals surface area (Å²) >= 11 is 27.3. The van der Waals surface area contributed by atoms with Gasteiger partial charge in [-0.1, -0.05) is 62.5 Å². The minimum Gasteiger partial charge on any atom is -0.107 e. The molecular formula is C3Cl5FN4. The highest BCUT2D eigenvalue weighted by atomic mass is 35.6. The van der Waals surface area contributed by atoms with Crippen LogP contribution in [0.3, 0.4) is 0 Å². The van der Waals surface area contributed by atoms with E-state index in [2.05, 4.69) is 15.4 Å². The molecule has 10 heteroatoms. The largest absolute Gasteiger partial charge is 0.230 e. The first-order chi connectivity index (χ1) is 5.75. The molecular weight excluding hydrogens is 288 g/mol. The fraction of sp³-hybridized carbons (Fsp3) is 0.667. The van der Waals surface area contributed by atoms with Crippen LogP contribution in [0.1, 0.15) is 5.82 Å². The molecule has 1 aromatic heterocycles. The maximum Gasteiger partial charge on any atom is 0.230 e. The van der Waals surface area contributed by atoms with Crippen LogP contribution in [-0.4, -0.2) is 24.2 Å². The summed E-state index contributed by atoms with van der Waals surface area (Å²) in [4.78, 5) is 0. The third-order valence-electron chi connectivity index (χ3n) is 1.03. The fourth-order valence-electron chi connectivity index (χ4n) is 0.450. The normalized spacial score (nSPS) is 13.4. The number of alkyl halides is 5. The van der Waals surface area contributed by atoms with Gasteiger partial charge in [0.25, 0.3) is 0 Å². The van der Waals surface area contributed by atoms with Crippen molar-refractivity contribution >= 4 is 58.0 Å². The van der Waals surface area contributed by atoms with Gasteiger partial charge in [0.15, 0.2) is 0 Å². The van der Waals surface area contributed by atoms with Crippen LogP contribution in [0.15, 0.2) is 0 Å². The molecule has 0 unspecified atom stereocenters. The van der Waals surface area contributed by atoms with Gasteiger partial charge in [-0.2, -0.15) is 0 Å². The third-order valence-corrected chi connectivity index (χ3v) is 3.36. The van der Waals surface area contributed by atoms with Gasteiger partial charge in [0.05, 0.1) is 0 Å². The van der Waals surface area contributed by atoms with Crippen LogP contribution in [-0.2, 0) is 4.33 Å². The highest BCUT2D eigenvalue weighted by Crippen LogP contribution is 2.51. The minimum atomic E-state index is -2.08. The Kier molecular flexibility index (Phi) is 3.14. The maximum absolute atomic E-state index is 12.2. The number of hydrogen-bond donors (Lipinski definition) is 0. The van der Waals surface area contributed by atoms with Crippen molar-refractivity contribution in [2.45, 2.75) is 8.13 Å². The van der Waals surface area contributed by atoms with Crippen molar-refractivity contribution < 1.29 is 4.48 Å². The van der Waals surface area contributed by atoms with E-state index in [9.17, 15) is 4.48 Å². The molecule has 0 saturated heterocycles. The molecule has 0 bridgehead atoms. The summed E-state index contributed by atoms with van der Waals surface area (Å²) < 4.78 is 8.09. The van der Waals surface area contributed by atoms with E-state index in [1.165, 1.54) is 0 Å². The first-order valence-corrected chi connectivity index (χ1v) is 4.55. The summed E-state index contributed by atoms with van der Waals surface area (Å²) in [5, 5.41) is 8.72. The smallest absolute Gasteiger partial charge is 0.107 e. The van der Waals surface area contributed by atoms with E-state index in [0.29, 0.717) is 0 Å². The number of halogens is 6. The highest BCUT2D eigenvalue weighted by molar-refractivity contribution is 6.75. The van der Waals surface area contributed by atoms with Crippen molar-refractivity contribution in [1.82, 2.24) is 20.4 Å². The van der Waals surface area contributed by atoms with Crippen molar-refractivity contribution in [3.8, 4) is 0 Å². The standard InChI is InChI=1S/C3Cl5FN4/c4-2(5,3(6,7)8)1-10-12-13(9)11-1. The second-order valence-electron chi connectivity index (χ2n) is 1.93. The molecule has 0 amide bonds. The lowest BCUT2D eigenvalue weighted by Crippen LogP contribution is -2.29. The topological polar surface area (TPSA) is 43.6 Å². The summed E-state index contributed by atoms with van der Waals surface area (Å²) in [6, 6.07) is 0. The molecule has 13 heavy (non-hydrogen) atoms. The third kappa shape index (κ3) is 2.27.